The highest BCUT2D eigenvalue weighted by molar-refractivity contribution is 5.17. The van der Waals surface area contributed by atoms with Gasteiger partial charge >= 0.3 is 0 Å². The summed E-state index contributed by atoms with van der Waals surface area (Å²) in [6.07, 6.45) is -0.388. The maximum Gasteiger partial charge on any atom is 0.190 e. The van der Waals surface area contributed by atoms with Crippen molar-refractivity contribution >= 4 is 0 Å². The van der Waals surface area contributed by atoms with E-state index in [4.69, 9.17) is 23.7 Å². The number of benzene rings is 1. The second-order valence-electron chi connectivity index (χ2n) is 7.40. The third-order valence-corrected chi connectivity index (χ3v) is 4.53. The van der Waals surface area contributed by atoms with Crippen molar-refractivity contribution in [2.45, 2.75) is 76.4 Å². The van der Waals surface area contributed by atoms with Crippen LogP contribution in [0.5, 0.6) is 0 Å². The summed E-state index contributed by atoms with van der Waals surface area (Å²) in [5.41, 5.74) is 1.21. The third-order valence-electron chi connectivity index (χ3n) is 4.53. The maximum absolute atomic E-state index is 6.20. The van der Waals surface area contributed by atoms with Crippen LogP contribution < -0.4 is 0 Å². The number of ether oxygens (including phenoxy) is 5. The molecular weight excluding hydrogens is 296 g/mol. The lowest BCUT2D eigenvalue weighted by Gasteiger charge is -2.37. The molecule has 0 N–H and O–H groups in total. The maximum atomic E-state index is 6.20. The van der Waals surface area contributed by atoms with Crippen molar-refractivity contribution in [2.24, 2.45) is 0 Å². The fraction of sp³-hybridized carbons (Fsp3) is 0.667. The molecule has 126 valence electrons. The van der Waals surface area contributed by atoms with Gasteiger partial charge in [-0.2, -0.15) is 0 Å². The molecule has 0 aromatic heterocycles. The van der Waals surface area contributed by atoms with E-state index in [0.717, 1.165) is 6.42 Å². The van der Waals surface area contributed by atoms with Crippen LogP contribution in [0.3, 0.4) is 0 Å². The minimum Gasteiger partial charge on any atom is -0.343 e. The van der Waals surface area contributed by atoms with Gasteiger partial charge in [-0.25, -0.2) is 0 Å². The van der Waals surface area contributed by atoms with E-state index in [1.54, 1.807) is 0 Å². The summed E-state index contributed by atoms with van der Waals surface area (Å²) in [6.45, 7) is 7.66. The fourth-order valence-electron chi connectivity index (χ4n) is 3.70. The molecule has 23 heavy (non-hydrogen) atoms. The standard InChI is InChI=1S/C18H24O5/c1-17(2)20-13-12(10-11-8-6-5-7-9-11)19-16-15(14(13)21-17)22-18(3,4)23-16/h5-9,12-16H,10H2,1-4H3/t12-,13+,14+,15-,16-/m1/s1. The highest BCUT2D eigenvalue weighted by Gasteiger charge is 2.60. The Hall–Kier alpha value is -0.980. The Kier molecular flexibility index (Phi) is 3.55. The van der Waals surface area contributed by atoms with Crippen LogP contribution in [0.2, 0.25) is 0 Å². The van der Waals surface area contributed by atoms with Crippen molar-refractivity contribution in [3.05, 3.63) is 35.9 Å². The van der Waals surface area contributed by atoms with E-state index in [0.29, 0.717) is 0 Å². The molecule has 3 aliphatic heterocycles. The first-order valence-corrected chi connectivity index (χ1v) is 8.24. The zero-order valence-corrected chi connectivity index (χ0v) is 14.0. The molecule has 0 amide bonds. The van der Waals surface area contributed by atoms with E-state index in [9.17, 15) is 0 Å². The third kappa shape index (κ3) is 2.92. The topological polar surface area (TPSA) is 46.2 Å². The van der Waals surface area contributed by atoms with Gasteiger partial charge < -0.3 is 23.7 Å². The average Bonchev–Trinajstić information content (AvgIpc) is 2.95. The van der Waals surface area contributed by atoms with Crippen molar-refractivity contribution in [3.63, 3.8) is 0 Å². The second-order valence-corrected chi connectivity index (χ2v) is 7.40. The van der Waals surface area contributed by atoms with E-state index in [1.165, 1.54) is 5.56 Å². The summed E-state index contributed by atoms with van der Waals surface area (Å²) in [7, 11) is 0. The number of rotatable bonds is 2. The van der Waals surface area contributed by atoms with Crippen molar-refractivity contribution in [1.29, 1.82) is 0 Å². The molecule has 5 atom stereocenters. The lowest BCUT2D eigenvalue weighted by Crippen LogP contribution is -2.55. The van der Waals surface area contributed by atoms with Crippen LogP contribution in [0.4, 0.5) is 0 Å². The van der Waals surface area contributed by atoms with Gasteiger partial charge in [0.05, 0.1) is 6.10 Å². The summed E-state index contributed by atoms with van der Waals surface area (Å²) in [6, 6.07) is 10.3. The number of hydrogen-bond donors (Lipinski definition) is 0. The van der Waals surface area contributed by atoms with Crippen LogP contribution in [0.1, 0.15) is 33.3 Å². The van der Waals surface area contributed by atoms with E-state index in [2.05, 4.69) is 12.1 Å². The molecule has 3 saturated heterocycles. The zero-order valence-electron chi connectivity index (χ0n) is 14.0. The van der Waals surface area contributed by atoms with Crippen LogP contribution >= 0.6 is 0 Å². The highest BCUT2D eigenvalue weighted by Crippen LogP contribution is 2.44. The molecule has 4 rings (SSSR count). The lowest BCUT2D eigenvalue weighted by molar-refractivity contribution is -0.233. The molecule has 5 nitrogen and oxygen atoms in total. The Morgan fingerprint density at radius 1 is 0.783 bits per heavy atom. The lowest BCUT2D eigenvalue weighted by atomic mass is 9.94. The SMILES string of the molecule is CC1(C)O[C@H]2[C@@H](O1)[C@@H](Cc1ccccc1)O[C@@H]1OC(C)(C)O[C@@H]12. The molecular formula is C18H24O5. The first kappa shape index (κ1) is 15.5. The van der Waals surface area contributed by atoms with E-state index >= 15 is 0 Å². The Bertz CT molecular complexity index is 570. The molecule has 0 bridgehead atoms. The molecule has 0 radical (unpaired) electrons. The van der Waals surface area contributed by atoms with Gasteiger partial charge in [-0.05, 0) is 33.3 Å². The van der Waals surface area contributed by atoms with Crippen molar-refractivity contribution < 1.29 is 23.7 Å². The Labute approximate surface area is 136 Å². The van der Waals surface area contributed by atoms with E-state index < -0.39 is 17.9 Å². The van der Waals surface area contributed by atoms with Crippen LogP contribution in [-0.2, 0) is 30.1 Å². The summed E-state index contributed by atoms with van der Waals surface area (Å²) >= 11 is 0. The highest BCUT2D eigenvalue weighted by atomic mass is 16.9. The molecule has 0 spiro atoms. The predicted molar refractivity (Wildman–Crippen MR) is 82.7 cm³/mol. The molecule has 5 heteroatoms. The first-order valence-electron chi connectivity index (χ1n) is 8.24. The van der Waals surface area contributed by atoms with Gasteiger partial charge in [0.2, 0.25) is 0 Å². The van der Waals surface area contributed by atoms with Crippen LogP contribution in [0.25, 0.3) is 0 Å². The van der Waals surface area contributed by atoms with E-state index in [1.807, 2.05) is 45.9 Å². The summed E-state index contributed by atoms with van der Waals surface area (Å²) < 4.78 is 30.4. The smallest absolute Gasteiger partial charge is 0.190 e. The van der Waals surface area contributed by atoms with Gasteiger partial charge in [-0.15, -0.1) is 0 Å². The van der Waals surface area contributed by atoms with Crippen LogP contribution in [-0.4, -0.2) is 42.3 Å². The average molecular weight is 320 g/mol. The van der Waals surface area contributed by atoms with Gasteiger partial charge in [0.25, 0.3) is 0 Å². The predicted octanol–water partition coefficient (Wildman–Crippen LogP) is 2.63. The van der Waals surface area contributed by atoms with E-state index in [-0.39, 0.29) is 24.4 Å². The molecule has 3 fully saturated rings. The summed E-state index contributed by atoms with van der Waals surface area (Å²) in [5, 5.41) is 0. The van der Waals surface area contributed by atoms with Crippen molar-refractivity contribution in [2.75, 3.05) is 0 Å². The monoisotopic (exact) mass is 320 g/mol. The Morgan fingerprint density at radius 2 is 1.39 bits per heavy atom. The van der Waals surface area contributed by atoms with Crippen LogP contribution in [0, 0.1) is 0 Å². The second kappa shape index (κ2) is 5.26. The molecule has 3 heterocycles. The Morgan fingerprint density at radius 3 is 2.13 bits per heavy atom. The minimum atomic E-state index is -0.669. The zero-order chi connectivity index (χ0) is 16.2. The fourth-order valence-corrected chi connectivity index (χ4v) is 3.70. The van der Waals surface area contributed by atoms with Crippen molar-refractivity contribution in [1.82, 2.24) is 0 Å². The van der Waals surface area contributed by atoms with Gasteiger partial charge in [0, 0.05) is 6.42 Å². The molecule has 0 unspecified atom stereocenters. The van der Waals surface area contributed by atoms with Gasteiger partial charge in [0.1, 0.15) is 18.3 Å². The largest absolute Gasteiger partial charge is 0.343 e. The first-order chi connectivity index (χ1) is 10.8. The molecule has 0 aliphatic carbocycles. The number of fused-ring (bicyclic) bond motifs is 3. The van der Waals surface area contributed by atoms with Gasteiger partial charge in [0.15, 0.2) is 17.9 Å². The van der Waals surface area contributed by atoms with Crippen molar-refractivity contribution in [3.8, 4) is 0 Å². The van der Waals surface area contributed by atoms with Gasteiger partial charge in [-0.1, -0.05) is 30.3 Å². The summed E-state index contributed by atoms with van der Waals surface area (Å²) in [5.74, 6) is -1.31. The molecule has 1 aromatic carbocycles. The normalized spacial score (nSPS) is 40.6. The number of hydrogen-bond acceptors (Lipinski definition) is 5. The quantitative estimate of drug-likeness (QED) is 0.838. The van der Waals surface area contributed by atoms with Crippen LogP contribution in [0.15, 0.2) is 30.3 Å². The minimum absolute atomic E-state index is 0.122. The molecule has 0 saturated carbocycles. The Balaban J connectivity index is 1.60. The summed E-state index contributed by atoms with van der Waals surface area (Å²) in [4.78, 5) is 0. The van der Waals surface area contributed by atoms with Gasteiger partial charge in [-0.3, -0.25) is 0 Å². The molecule has 3 aliphatic rings. The molecule has 1 aromatic rings.